The third kappa shape index (κ3) is 3.89. The minimum absolute atomic E-state index is 0.149. The Morgan fingerprint density at radius 1 is 1.32 bits per heavy atom. The van der Waals surface area contributed by atoms with Crippen LogP contribution >= 0.6 is 0 Å². The lowest BCUT2D eigenvalue weighted by molar-refractivity contribution is -0.264. The highest BCUT2D eigenvalue weighted by atomic mass is 16.7. The van der Waals surface area contributed by atoms with E-state index in [1.165, 1.54) is 6.92 Å². The highest BCUT2D eigenvalue weighted by Crippen LogP contribution is 2.26. The molecular formula is C18H22N2O5. The number of hydrogen-bond donors (Lipinski definition) is 2. The van der Waals surface area contributed by atoms with Crippen molar-refractivity contribution in [3.8, 4) is 11.5 Å². The number of nitrogens with one attached hydrogen (secondary N) is 1. The predicted octanol–water partition coefficient (Wildman–Crippen LogP) is 2.47. The number of aryl methyl sites for hydroxylation is 2. The molecule has 1 aliphatic heterocycles. The summed E-state index contributed by atoms with van der Waals surface area (Å²) in [5.74, 6) is -0.561. The second-order valence-corrected chi connectivity index (χ2v) is 6.30. The van der Waals surface area contributed by atoms with Crippen molar-refractivity contribution in [3.63, 3.8) is 0 Å². The van der Waals surface area contributed by atoms with E-state index < -0.39 is 11.7 Å². The molecule has 1 amide bonds. The van der Waals surface area contributed by atoms with Crippen molar-refractivity contribution in [3.05, 3.63) is 41.8 Å². The fourth-order valence-electron chi connectivity index (χ4n) is 2.75. The van der Waals surface area contributed by atoms with Gasteiger partial charge in [0.25, 0.3) is 0 Å². The summed E-state index contributed by atoms with van der Waals surface area (Å²) < 4.78 is 16.7. The Morgan fingerprint density at radius 3 is 2.64 bits per heavy atom. The molecule has 7 heteroatoms. The van der Waals surface area contributed by atoms with Gasteiger partial charge in [0.15, 0.2) is 0 Å². The Kier molecular flexibility index (Phi) is 5.17. The van der Waals surface area contributed by atoms with E-state index in [0.29, 0.717) is 19.1 Å². The minimum Gasteiger partial charge on any atom is -0.441 e. The Balaban J connectivity index is 1.57. The molecule has 1 aromatic heterocycles. The molecule has 2 heterocycles. The van der Waals surface area contributed by atoms with Crippen LogP contribution in [0.5, 0.6) is 0 Å². The van der Waals surface area contributed by atoms with Crippen LogP contribution in [0, 0.1) is 12.8 Å². The van der Waals surface area contributed by atoms with E-state index in [-0.39, 0.29) is 5.92 Å². The van der Waals surface area contributed by atoms with Crippen LogP contribution in [0.3, 0.4) is 0 Å². The molecule has 0 unspecified atom stereocenters. The molecule has 0 saturated carbocycles. The Labute approximate surface area is 145 Å². The second-order valence-electron chi connectivity index (χ2n) is 6.30. The van der Waals surface area contributed by atoms with Gasteiger partial charge in [-0.25, -0.2) is 10.5 Å². The van der Waals surface area contributed by atoms with Crippen molar-refractivity contribution >= 4 is 5.91 Å². The Bertz CT molecular complexity index is 720. The van der Waals surface area contributed by atoms with Gasteiger partial charge in [-0.15, -0.1) is 0 Å². The first-order valence-electron chi connectivity index (χ1n) is 8.26. The van der Waals surface area contributed by atoms with E-state index in [4.69, 9.17) is 19.1 Å². The monoisotopic (exact) mass is 346 g/mol. The first kappa shape index (κ1) is 17.6. The number of rotatable bonds is 5. The van der Waals surface area contributed by atoms with Crippen molar-refractivity contribution in [1.29, 1.82) is 0 Å². The lowest BCUT2D eigenvalue weighted by Gasteiger charge is -2.35. The van der Waals surface area contributed by atoms with Gasteiger partial charge in [-0.1, -0.05) is 18.2 Å². The van der Waals surface area contributed by atoms with Gasteiger partial charge in [-0.3, -0.25) is 10.0 Å². The van der Waals surface area contributed by atoms with E-state index >= 15 is 0 Å². The zero-order valence-corrected chi connectivity index (χ0v) is 14.3. The highest BCUT2D eigenvalue weighted by molar-refractivity contribution is 5.82. The van der Waals surface area contributed by atoms with Gasteiger partial charge < -0.3 is 13.9 Å². The number of amides is 1. The first-order valence-corrected chi connectivity index (χ1v) is 8.26. The number of carbonyl (C=O) groups is 1. The SMILES string of the molecule is Cc1oc(-c2ccccc2)nc1CCC1COC(C)(C(=O)NO)OC1. The largest absolute Gasteiger partial charge is 0.441 e. The molecule has 134 valence electrons. The maximum Gasteiger partial charge on any atom is 0.303 e. The summed E-state index contributed by atoms with van der Waals surface area (Å²) in [7, 11) is 0. The van der Waals surface area contributed by atoms with Crippen LogP contribution in [0.25, 0.3) is 11.5 Å². The van der Waals surface area contributed by atoms with Crippen molar-refractivity contribution in [1.82, 2.24) is 10.5 Å². The van der Waals surface area contributed by atoms with E-state index in [1.54, 1.807) is 5.48 Å². The predicted molar refractivity (Wildman–Crippen MR) is 88.7 cm³/mol. The van der Waals surface area contributed by atoms with Crippen molar-refractivity contribution < 1.29 is 23.9 Å². The number of aromatic nitrogens is 1. The molecule has 0 aliphatic carbocycles. The van der Waals surface area contributed by atoms with E-state index in [1.807, 2.05) is 37.3 Å². The number of hydrogen-bond acceptors (Lipinski definition) is 6. The number of nitrogens with zero attached hydrogens (tertiary/aromatic N) is 1. The van der Waals surface area contributed by atoms with Crippen LogP contribution in [0.4, 0.5) is 0 Å². The van der Waals surface area contributed by atoms with Crippen molar-refractivity contribution in [2.45, 2.75) is 32.5 Å². The van der Waals surface area contributed by atoms with Crippen LogP contribution in [-0.2, 0) is 20.7 Å². The average molecular weight is 346 g/mol. The lowest BCUT2D eigenvalue weighted by Crippen LogP contribution is -2.52. The summed E-state index contributed by atoms with van der Waals surface area (Å²) >= 11 is 0. The molecule has 1 aromatic carbocycles. The van der Waals surface area contributed by atoms with Crippen molar-refractivity contribution in [2.75, 3.05) is 13.2 Å². The topological polar surface area (TPSA) is 93.8 Å². The maximum atomic E-state index is 11.5. The smallest absolute Gasteiger partial charge is 0.303 e. The number of benzene rings is 1. The Hall–Kier alpha value is -2.22. The lowest BCUT2D eigenvalue weighted by atomic mass is 10.0. The van der Waals surface area contributed by atoms with E-state index in [0.717, 1.165) is 29.9 Å². The number of carbonyl (C=O) groups excluding carboxylic acids is 1. The van der Waals surface area contributed by atoms with Crippen molar-refractivity contribution in [2.24, 2.45) is 5.92 Å². The highest BCUT2D eigenvalue weighted by Gasteiger charge is 2.40. The van der Waals surface area contributed by atoms with Gasteiger partial charge in [0, 0.05) is 11.5 Å². The molecular weight excluding hydrogens is 324 g/mol. The molecule has 2 N–H and O–H groups in total. The molecule has 7 nitrogen and oxygen atoms in total. The summed E-state index contributed by atoms with van der Waals surface area (Å²) in [4.78, 5) is 16.1. The van der Waals surface area contributed by atoms with Gasteiger partial charge in [-0.2, -0.15) is 0 Å². The van der Waals surface area contributed by atoms with Crippen LogP contribution in [-0.4, -0.2) is 35.1 Å². The second kappa shape index (κ2) is 7.35. The van der Waals surface area contributed by atoms with Gasteiger partial charge in [-0.05, 0) is 38.8 Å². The molecule has 0 radical (unpaired) electrons. The van der Waals surface area contributed by atoms with Crippen LogP contribution < -0.4 is 5.48 Å². The molecule has 0 bridgehead atoms. The first-order chi connectivity index (χ1) is 12.0. The third-order valence-corrected chi connectivity index (χ3v) is 4.41. The van der Waals surface area contributed by atoms with Gasteiger partial charge in [0.2, 0.25) is 11.7 Å². The Morgan fingerprint density at radius 2 is 2.00 bits per heavy atom. The summed E-state index contributed by atoms with van der Waals surface area (Å²) in [5.41, 5.74) is 3.43. The van der Waals surface area contributed by atoms with Gasteiger partial charge in [0.1, 0.15) is 5.76 Å². The quantitative estimate of drug-likeness (QED) is 0.638. The van der Waals surface area contributed by atoms with Gasteiger partial charge >= 0.3 is 5.91 Å². The van der Waals surface area contributed by atoms with Crippen LogP contribution in [0.1, 0.15) is 24.8 Å². The number of ether oxygens (including phenoxy) is 2. The zero-order valence-electron chi connectivity index (χ0n) is 14.3. The summed E-state index contributed by atoms with van der Waals surface area (Å²) in [6, 6.07) is 9.78. The molecule has 0 atom stereocenters. The third-order valence-electron chi connectivity index (χ3n) is 4.41. The fourth-order valence-corrected chi connectivity index (χ4v) is 2.75. The molecule has 1 aliphatic rings. The van der Waals surface area contributed by atoms with Gasteiger partial charge in [0.05, 0.1) is 18.9 Å². The summed E-state index contributed by atoms with van der Waals surface area (Å²) in [6.07, 6.45) is 1.54. The van der Waals surface area contributed by atoms with Crippen LogP contribution in [0.2, 0.25) is 0 Å². The summed E-state index contributed by atoms with van der Waals surface area (Å²) in [6.45, 7) is 4.16. The fraction of sp³-hybridized carbons (Fsp3) is 0.444. The molecule has 0 spiro atoms. The van der Waals surface area contributed by atoms with Crippen LogP contribution in [0.15, 0.2) is 34.7 Å². The number of hydroxylamine groups is 1. The molecule has 3 rings (SSSR count). The average Bonchev–Trinajstić information content (AvgIpc) is 3.02. The summed E-state index contributed by atoms with van der Waals surface area (Å²) in [5, 5.41) is 8.72. The van der Waals surface area contributed by atoms with E-state index in [2.05, 4.69) is 4.98 Å². The normalized spacial score (nSPS) is 23.4. The number of oxazole rings is 1. The standard InChI is InChI=1S/C18H22N2O5/c1-12-15(19-16(25-12)14-6-4-3-5-7-14)9-8-13-10-23-18(2,24-11-13)17(21)20-22/h3-7,13,22H,8-11H2,1-2H3,(H,20,21). The molecule has 25 heavy (non-hydrogen) atoms. The minimum atomic E-state index is -1.43. The molecule has 1 saturated heterocycles. The molecule has 1 fully saturated rings. The maximum absolute atomic E-state index is 11.5. The molecule has 2 aromatic rings. The zero-order chi connectivity index (χ0) is 17.9. The van der Waals surface area contributed by atoms with E-state index in [9.17, 15) is 4.79 Å².